The molecule has 0 spiro atoms. The van der Waals surface area contributed by atoms with E-state index in [1.54, 1.807) is 6.07 Å². The molecular weight excluding hydrogens is 267 g/mol. The Morgan fingerprint density at radius 3 is 2.60 bits per heavy atom. The lowest BCUT2D eigenvalue weighted by molar-refractivity contribution is -0.137. The molecule has 0 amide bonds. The van der Waals surface area contributed by atoms with E-state index in [1.807, 2.05) is 0 Å². The maximum Gasteiger partial charge on any atom is 0.416 e. The van der Waals surface area contributed by atoms with Crippen LogP contribution in [0.4, 0.5) is 13.2 Å². The lowest BCUT2D eigenvalue weighted by atomic mass is 9.97. The van der Waals surface area contributed by atoms with Crippen LogP contribution >= 0.6 is 0 Å². The van der Waals surface area contributed by atoms with Crippen LogP contribution in [-0.2, 0) is 6.18 Å². The third-order valence-corrected chi connectivity index (χ3v) is 3.84. The van der Waals surface area contributed by atoms with Crippen molar-refractivity contribution in [2.24, 2.45) is 11.7 Å². The topological polar surface area (TPSA) is 35.2 Å². The molecule has 0 heterocycles. The van der Waals surface area contributed by atoms with Gasteiger partial charge in [0.2, 0.25) is 0 Å². The Bertz CT molecular complexity index is 433. The molecule has 20 heavy (non-hydrogen) atoms. The minimum atomic E-state index is -4.34. The molecule has 2 N–H and O–H groups in total. The largest absolute Gasteiger partial charge is 0.490 e. The smallest absolute Gasteiger partial charge is 0.416 e. The summed E-state index contributed by atoms with van der Waals surface area (Å²) in [5, 5.41) is 0. The van der Waals surface area contributed by atoms with Crippen molar-refractivity contribution in [1.29, 1.82) is 0 Å². The first kappa shape index (κ1) is 15.2. The van der Waals surface area contributed by atoms with Gasteiger partial charge < -0.3 is 10.5 Å². The van der Waals surface area contributed by atoms with E-state index in [2.05, 4.69) is 0 Å². The molecule has 0 bridgehead atoms. The van der Waals surface area contributed by atoms with Crippen LogP contribution in [0, 0.1) is 5.92 Å². The minimum absolute atomic E-state index is 0.0778. The van der Waals surface area contributed by atoms with Crippen molar-refractivity contribution in [3.63, 3.8) is 0 Å². The van der Waals surface area contributed by atoms with E-state index < -0.39 is 11.7 Å². The van der Waals surface area contributed by atoms with Crippen LogP contribution in [0.15, 0.2) is 24.3 Å². The van der Waals surface area contributed by atoms with Crippen molar-refractivity contribution >= 4 is 0 Å². The van der Waals surface area contributed by atoms with Gasteiger partial charge in [-0.2, -0.15) is 13.2 Å². The van der Waals surface area contributed by atoms with Gasteiger partial charge in [-0.3, -0.25) is 0 Å². The van der Waals surface area contributed by atoms with E-state index in [0.29, 0.717) is 6.54 Å². The molecule has 1 aromatic carbocycles. The fourth-order valence-electron chi connectivity index (χ4n) is 2.70. The molecule has 112 valence electrons. The zero-order valence-electron chi connectivity index (χ0n) is 11.3. The predicted octanol–water partition coefficient (Wildman–Crippen LogP) is 3.99. The molecule has 1 fully saturated rings. The average molecular weight is 287 g/mol. The molecule has 1 saturated carbocycles. The Hall–Kier alpha value is -1.23. The monoisotopic (exact) mass is 287 g/mol. The number of hydrogen-bond donors (Lipinski definition) is 1. The van der Waals surface area contributed by atoms with Crippen molar-refractivity contribution in [2.45, 2.75) is 44.4 Å². The first-order valence-electron chi connectivity index (χ1n) is 7.04. The van der Waals surface area contributed by atoms with Gasteiger partial charge in [-0.15, -0.1) is 0 Å². The number of halogens is 3. The summed E-state index contributed by atoms with van der Waals surface area (Å²) in [5.41, 5.74) is 5.08. The summed E-state index contributed by atoms with van der Waals surface area (Å²) in [6, 6.07) is 5.08. The minimum Gasteiger partial charge on any atom is -0.490 e. The predicted molar refractivity (Wildman–Crippen MR) is 71.5 cm³/mol. The van der Waals surface area contributed by atoms with Crippen molar-refractivity contribution in [2.75, 3.05) is 6.54 Å². The Labute approximate surface area is 117 Å². The van der Waals surface area contributed by atoms with Crippen LogP contribution in [0.25, 0.3) is 0 Å². The van der Waals surface area contributed by atoms with Crippen molar-refractivity contribution < 1.29 is 17.9 Å². The molecule has 0 saturated heterocycles. The number of ether oxygens (including phenoxy) is 1. The van der Waals surface area contributed by atoms with Crippen molar-refractivity contribution in [1.82, 2.24) is 0 Å². The second-order valence-corrected chi connectivity index (χ2v) is 5.32. The molecule has 0 radical (unpaired) electrons. The maximum atomic E-state index is 12.7. The molecule has 0 aromatic heterocycles. The van der Waals surface area contributed by atoms with Crippen LogP contribution in [0.3, 0.4) is 0 Å². The lowest BCUT2D eigenvalue weighted by Crippen LogP contribution is -2.31. The number of rotatable bonds is 3. The van der Waals surface area contributed by atoms with Crippen molar-refractivity contribution in [3.05, 3.63) is 29.8 Å². The summed E-state index contributed by atoms with van der Waals surface area (Å²) in [5.74, 6) is 0.511. The standard InChI is InChI=1S/C15H20F3NO/c16-15(17,18)12-6-4-7-13(9-12)20-14-8-3-1-2-5-11(14)10-19/h4,6-7,9,11,14H,1-3,5,8,10,19H2. The second kappa shape index (κ2) is 6.48. The lowest BCUT2D eigenvalue weighted by Gasteiger charge is -2.25. The third kappa shape index (κ3) is 3.88. The van der Waals surface area contributed by atoms with E-state index in [1.165, 1.54) is 6.07 Å². The van der Waals surface area contributed by atoms with Crippen LogP contribution in [0.5, 0.6) is 5.75 Å². The Morgan fingerprint density at radius 2 is 1.90 bits per heavy atom. The highest BCUT2D eigenvalue weighted by Gasteiger charge is 2.31. The van der Waals surface area contributed by atoms with E-state index in [-0.39, 0.29) is 17.8 Å². The second-order valence-electron chi connectivity index (χ2n) is 5.32. The van der Waals surface area contributed by atoms with E-state index >= 15 is 0 Å². The molecule has 2 unspecified atom stereocenters. The summed E-state index contributed by atoms with van der Waals surface area (Å²) < 4.78 is 43.8. The SMILES string of the molecule is NCC1CCCCCC1Oc1cccc(C(F)(F)F)c1. The van der Waals surface area contributed by atoms with Gasteiger partial charge in [-0.05, 0) is 44.0 Å². The molecular formula is C15H20F3NO. The van der Waals surface area contributed by atoms with Gasteiger partial charge in [0, 0.05) is 5.92 Å². The number of nitrogens with two attached hydrogens (primary N) is 1. The number of alkyl halides is 3. The summed E-state index contributed by atoms with van der Waals surface area (Å²) >= 11 is 0. The van der Waals surface area contributed by atoms with E-state index in [4.69, 9.17) is 10.5 Å². The average Bonchev–Trinajstić information content (AvgIpc) is 2.63. The molecule has 1 aromatic rings. The highest BCUT2D eigenvalue weighted by atomic mass is 19.4. The van der Waals surface area contributed by atoms with Gasteiger partial charge in [0.15, 0.2) is 0 Å². The zero-order chi connectivity index (χ0) is 14.6. The highest BCUT2D eigenvalue weighted by Crippen LogP contribution is 2.33. The molecule has 2 nitrogen and oxygen atoms in total. The van der Waals surface area contributed by atoms with Gasteiger partial charge in [0.05, 0.1) is 5.56 Å². The Kier molecular flexibility index (Phi) is 4.91. The molecule has 2 atom stereocenters. The molecule has 5 heteroatoms. The van der Waals surface area contributed by atoms with Gasteiger partial charge in [0.25, 0.3) is 0 Å². The van der Waals surface area contributed by atoms with Gasteiger partial charge in [-0.25, -0.2) is 0 Å². The molecule has 0 aliphatic heterocycles. The van der Waals surface area contributed by atoms with Crippen LogP contribution in [0.1, 0.15) is 37.7 Å². The molecule has 2 rings (SSSR count). The van der Waals surface area contributed by atoms with E-state index in [0.717, 1.165) is 44.2 Å². The number of benzene rings is 1. The van der Waals surface area contributed by atoms with Gasteiger partial charge in [0.1, 0.15) is 11.9 Å². The Balaban J connectivity index is 2.11. The summed E-state index contributed by atoms with van der Waals surface area (Å²) in [4.78, 5) is 0. The fraction of sp³-hybridized carbons (Fsp3) is 0.600. The van der Waals surface area contributed by atoms with Crippen LogP contribution in [0.2, 0.25) is 0 Å². The summed E-state index contributed by atoms with van der Waals surface area (Å²) in [6.07, 6.45) is 0.726. The van der Waals surface area contributed by atoms with Crippen molar-refractivity contribution in [3.8, 4) is 5.75 Å². The van der Waals surface area contributed by atoms with Gasteiger partial charge in [-0.1, -0.05) is 18.9 Å². The Morgan fingerprint density at radius 1 is 1.15 bits per heavy atom. The fourth-order valence-corrected chi connectivity index (χ4v) is 2.70. The van der Waals surface area contributed by atoms with Crippen LogP contribution in [-0.4, -0.2) is 12.6 Å². The van der Waals surface area contributed by atoms with Gasteiger partial charge >= 0.3 is 6.18 Å². The molecule has 1 aliphatic carbocycles. The van der Waals surface area contributed by atoms with E-state index in [9.17, 15) is 13.2 Å². The first-order valence-corrected chi connectivity index (χ1v) is 7.04. The van der Waals surface area contributed by atoms with Crippen LogP contribution < -0.4 is 10.5 Å². The number of hydrogen-bond acceptors (Lipinski definition) is 2. The summed E-state index contributed by atoms with van der Waals surface area (Å²) in [6.45, 7) is 0.517. The summed E-state index contributed by atoms with van der Waals surface area (Å²) in [7, 11) is 0. The zero-order valence-corrected chi connectivity index (χ0v) is 11.3. The normalized spacial score (nSPS) is 24.2. The maximum absolute atomic E-state index is 12.7. The third-order valence-electron chi connectivity index (χ3n) is 3.84. The molecule has 1 aliphatic rings. The quantitative estimate of drug-likeness (QED) is 0.853. The highest BCUT2D eigenvalue weighted by molar-refractivity contribution is 5.30. The first-order chi connectivity index (χ1) is 9.50.